The number of aromatic nitrogens is 2. The summed E-state index contributed by atoms with van der Waals surface area (Å²) in [6.07, 6.45) is -7.44. The van der Waals surface area contributed by atoms with Crippen LogP contribution in [0.25, 0.3) is 11.4 Å². The highest BCUT2D eigenvalue weighted by Gasteiger charge is 2.38. The quantitative estimate of drug-likeness (QED) is 0.362. The van der Waals surface area contributed by atoms with E-state index in [0.717, 1.165) is 17.7 Å². The zero-order valence-corrected chi connectivity index (χ0v) is 15.6. The molecule has 29 heavy (non-hydrogen) atoms. The van der Waals surface area contributed by atoms with Crippen molar-refractivity contribution in [3.8, 4) is 11.4 Å². The Morgan fingerprint density at radius 2 is 1.66 bits per heavy atom. The first-order valence-electron chi connectivity index (χ1n) is 8.07. The summed E-state index contributed by atoms with van der Waals surface area (Å²) < 4.78 is 82.3. The highest BCUT2D eigenvalue weighted by atomic mass is 32.2. The fraction of sp³-hybridized carbons (Fsp3) is 0.222. The third-order valence-corrected chi connectivity index (χ3v) is 4.67. The van der Waals surface area contributed by atoms with Crippen molar-refractivity contribution in [3.63, 3.8) is 0 Å². The van der Waals surface area contributed by atoms with E-state index < -0.39 is 23.8 Å². The molecule has 3 aromatic rings. The lowest BCUT2D eigenvalue weighted by Crippen LogP contribution is -2.14. The van der Waals surface area contributed by atoms with Crippen LogP contribution >= 0.6 is 11.9 Å². The summed E-state index contributed by atoms with van der Waals surface area (Å²) >= 11 is 1.25. The fourth-order valence-electron chi connectivity index (χ4n) is 2.48. The maximum absolute atomic E-state index is 12.9. The molecule has 0 atom stereocenters. The van der Waals surface area contributed by atoms with Crippen molar-refractivity contribution in [1.29, 1.82) is 0 Å². The predicted molar refractivity (Wildman–Crippen MR) is 95.9 cm³/mol. The first-order valence-corrected chi connectivity index (χ1v) is 9.25. The summed E-state index contributed by atoms with van der Waals surface area (Å²) in [7, 11) is 0. The van der Waals surface area contributed by atoms with Gasteiger partial charge in [0, 0.05) is 17.5 Å². The highest BCUT2D eigenvalue weighted by Crippen LogP contribution is 2.34. The molecule has 0 aliphatic heterocycles. The number of hydrogen-bond donors (Lipinski definition) is 0. The molecule has 2 aromatic carbocycles. The molecule has 0 fully saturated rings. The Hall–Kier alpha value is -2.69. The number of alkyl halides is 6. The number of rotatable bonds is 5. The second kappa shape index (κ2) is 7.97. The molecule has 0 bridgehead atoms. The number of anilines is 1. The minimum Gasteiger partial charge on any atom is -0.329 e. The number of benzene rings is 2. The number of hydrogen-bond acceptors (Lipinski definition) is 5. The third-order valence-electron chi connectivity index (χ3n) is 3.89. The maximum atomic E-state index is 12.9. The number of halogens is 6. The molecule has 3 rings (SSSR count). The van der Waals surface area contributed by atoms with Gasteiger partial charge in [-0.2, -0.15) is 31.3 Å². The van der Waals surface area contributed by atoms with Crippen LogP contribution in [0.1, 0.15) is 17.0 Å². The van der Waals surface area contributed by atoms with Gasteiger partial charge in [0.15, 0.2) is 0 Å². The summed E-state index contributed by atoms with van der Waals surface area (Å²) in [5.41, 5.74) is 0.689. The molecule has 1 heterocycles. The summed E-state index contributed by atoms with van der Waals surface area (Å²) in [5.74, 6) is -1.64. The molecule has 0 aliphatic rings. The van der Waals surface area contributed by atoms with Gasteiger partial charge in [0.1, 0.15) is 0 Å². The van der Waals surface area contributed by atoms with E-state index in [-0.39, 0.29) is 12.4 Å². The molecule has 0 unspecified atom stereocenters. The predicted octanol–water partition coefficient (Wildman–Crippen LogP) is 6.06. The van der Waals surface area contributed by atoms with Crippen LogP contribution < -0.4 is 4.31 Å². The molecule has 0 spiro atoms. The molecule has 0 saturated carbocycles. The topological polar surface area (TPSA) is 42.2 Å². The second-order valence-electron chi connectivity index (χ2n) is 5.89. The lowest BCUT2D eigenvalue weighted by molar-refractivity contribution is -0.159. The van der Waals surface area contributed by atoms with Gasteiger partial charge in [-0.1, -0.05) is 47.4 Å². The van der Waals surface area contributed by atoms with Gasteiger partial charge in [0.25, 0.3) is 0 Å². The lowest BCUT2D eigenvalue weighted by Gasteiger charge is -2.22. The summed E-state index contributed by atoms with van der Waals surface area (Å²) in [6.45, 7) is 0.281. The zero-order chi connectivity index (χ0) is 21.2. The van der Waals surface area contributed by atoms with E-state index in [1.54, 1.807) is 28.8 Å². The molecule has 0 saturated heterocycles. The Morgan fingerprint density at radius 3 is 2.21 bits per heavy atom. The van der Waals surface area contributed by atoms with E-state index in [2.05, 4.69) is 14.7 Å². The van der Waals surface area contributed by atoms with Crippen LogP contribution in [0, 0.1) is 0 Å². The normalized spacial score (nSPS) is 12.2. The van der Waals surface area contributed by atoms with E-state index >= 15 is 0 Å². The Morgan fingerprint density at radius 1 is 0.966 bits per heavy atom. The molecule has 1 aromatic heterocycles. The largest absolute Gasteiger partial charge is 0.471 e. The summed E-state index contributed by atoms with van der Waals surface area (Å²) in [4.78, 5) is 3.31. The Labute approximate surface area is 165 Å². The van der Waals surface area contributed by atoms with Crippen LogP contribution in [0.2, 0.25) is 0 Å². The van der Waals surface area contributed by atoms with Crippen LogP contribution in [-0.4, -0.2) is 16.4 Å². The highest BCUT2D eigenvalue weighted by molar-refractivity contribution is 7.99. The Kier molecular flexibility index (Phi) is 5.78. The van der Waals surface area contributed by atoms with E-state index in [0.29, 0.717) is 11.3 Å². The van der Waals surface area contributed by atoms with E-state index in [4.69, 9.17) is 0 Å². The van der Waals surface area contributed by atoms with Crippen molar-refractivity contribution < 1.29 is 30.9 Å². The standard InChI is InChI=1S/C18H13F6N3OS/c1-29-27(14-4-2-3-13(9-14)17(19,20)21)10-11-5-7-12(8-6-11)15-25-16(28-26-15)18(22,23)24/h2-9H,10H2,1H3. The number of nitrogens with zero attached hydrogens (tertiary/aromatic N) is 3. The maximum Gasteiger partial charge on any atom is 0.471 e. The van der Waals surface area contributed by atoms with Crippen LogP contribution in [0.5, 0.6) is 0 Å². The van der Waals surface area contributed by atoms with Crippen molar-refractivity contribution >= 4 is 17.6 Å². The van der Waals surface area contributed by atoms with E-state index in [1.807, 2.05) is 0 Å². The van der Waals surface area contributed by atoms with Gasteiger partial charge in [0.05, 0.1) is 12.1 Å². The molecule has 11 heteroatoms. The first kappa shape index (κ1) is 21.0. The fourth-order valence-corrected chi connectivity index (χ4v) is 3.08. The van der Waals surface area contributed by atoms with Crippen LogP contribution in [0.15, 0.2) is 53.1 Å². The molecule has 4 nitrogen and oxygen atoms in total. The second-order valence-corrected chi connectivity index (χ2v) is 6.69. The minimum absolute atomic E-state index is 0.205. The van der Waals surface area contributed by atoms with Crippen LogP contribution in [0.3, 0.4) is 0 Å². The van der Waals surface area contributed by atoms with Gasteiger partial charge < -0.3 is 8.83 Å². The van der Waals surface area contributed by atoms with Gasteiger partial charge in [-0.25, -0.2) is 0 Å². The average molecular weight is 433 g/mol. The Bertz CT molecular complexity index is 969. The smallest absolute Gasteiger partial charge is 0.329 e. The van der Waals surface area contributed by atoms with Gasteiger partial charge >= 0.3 is 18.2 Å². The molecular weight excluding hydrogens is 420 g/mol. The first-order chi connectivity index (χ1) is 13.6. The SMILES string of the molecule is CSN(Cc1ccc(-c2noc(C(F)(F)F)n2)cc1)c1cccc(C(F)(F)F)c1. The third kappa shape index (κ3) is 5.03. The molecule has 0 radical (unpaired) electrons. The van der Waals surface area contributed by atoms with E-state index in [1.165, 1.54) is 30.1 Å². The molecule has 0 aliphatic carbocycles. The van der Waals surface area contributed by atoms with Crippen LogP contribution in [-0.2, 0) is 18.9 Å². The molecule has 0 amide bonds. The summed E-state index contributed by atoms with van der Waals surface area (Å²) in [5, 5.41) is 3.31. The van der Waals surface area contributed by atoms with Gasteiger partial charge in [0.2, 0.25) is 5.82 Å². The monoisotopic (exact) mass is 433 g/mol. The van der Waals surface area contributed by atoms with Crippen molar-refractivity contribution in [2.45, 2.75) is 18.9 Å². The minimum atomic E-state index is -4.73. The van der Waals surface area contributed by atoms with Crippen molar-refractivity contribution in [2.24, 2.45) is 0 Å². The van der Waals surface area contributed by atoms with Gasteiger partial charge in [-0.3, -0.25) is 0 Å². The molecule has 0 N–H and O–H groups in total. The van der Waals surface area contributed by atoms with E-state index in [9.17, 15) is 26.3 Å². The van der Waals surface area contributed by atoms with Crippen LogP contribution in [0.4, 0.5) is 32.0 Å². The molecule has 154 valence electrons. The Balaban J connectivity index is 1.77. The van der Waals surface area contributed by atoms with Gasteiger partial charge in [-0.05, 0) is 23.8 Å². The zero-order valence-electron chi connectivity index (χ0n) is 14.8. The van der Waals surface area contributed by atoms with Crippen molar-refractivity contribution in [2.75, 3.05) is 10.6 Å². The molecular formula is C18H13F6N3OS. The lowest BCUT2D eigenvalue weighted by atomic mass is 10.1. The summed E-state index contributed by atoms with van der Waals surface area (Å²) in [6, 6.07) is 11.3. The van der Waals surface area contributed by atoms with Crippen molar-refractivity contribution in [1.82, 2.24) is 10.1 Å². The van der Waals surface area contributed by atoms with Crippen molar-refractivity contribution in [3.05, 3.63) is 65.5 Å². The average Bonchev–Trinajstić information content (AvgIpc) is 3.17. The van der Waals surface area contributed by atoms with Gasteiger partial charge in [-0.15, -0.1) is 0 Å².